The molecule has 0 aliphatic rings. The Morgan fingerprint density at radius 2 is 2.00 bits per heavy atom. The van der Waals surface area contributed by atoms with Gasteiger partial charge in [-0.05, 0) is 12.8 Å². The second kappa shape index (κ2) is 6.34. The predicted molar refractivity (Wildman–Crippen MR) is 52.7 cm³/mol. The van der Waals surface area contributed by atoms with Gasteiger partial charge in [-0.1, -0.05) is 26.2 Å². The summed E-state index contributed by atoms with van der Waals surface area (Å²) < 4.78 is 1.61. The third-order valence-electron chi connectivity index (χ3n) is 1.81. The lowest BCUT2D eigenvalue weighted by Gasteiger charge is -1.93. The van der Waals surface area contributed by atoms with Gasteiger partial charge < -0.3 is 0 Å². The largest absolute Gasteiger partial charge is 0.208 e. The molecule has 72 valence electrons. The quantitative estimate of drug-likeness (QED) is 0.497. The Morgan fingerprint density at radius 1 is 1.23 bits per heavy atom. The van der Waals surface area contributed by atoms with E-state index in [1.54, 1.807) is 17.3 Å². The number of aromatic nitrogens is 3. The van der Waals surface area contributed by atoms with Crippen molar-refractivity contribution in [3.05, 3.63) is 12.7 Å². The van der Waals surface area contributed by atoms with Gasteiger partial charge in [0, 0.05) is 6.21 Å². The van der Waals surface area contributed by atoms with Crippen molar-refractivity contribution in [1.82, 2.24) is 14.9 Å². The second-order valence-corrected chi connectivity index (χ2v) is 2.99. The monoisotopic (exact) mass is 180 g/mol. The number of rotatable bonds is 6. The van der Waals surface area contributed by atoms with Crippen LogP contribution in [0.2, 0.25) is 0 Å². The summed E-state index contributed by atoms with van der Waals surface area (Å²) in [6, 6.07) is 0. The van der Waals surface area contributed by atoms with Crippen molar-refractivity contribution in [3.8, 4) is 0 Å². The SMILES string of the molecule is CCCCCCC=Nn1cnnc1. The van der Waals surface area contributed by atoms with Crippen molar-refractivity contribution in [3.63, 3.8) is 0 Å². The maximum absolute atomic E-state index is 4.13. The molecule has 0 N–H and O–H groups in total. The van der Waals surface area contributed by atoms with Crippen LogP contribution in [0.25, 0.3) is 0 Å². The molecule has 0 spiro atoms. The molecule has 0 saturated heterocycles. The minimum atomic E-state index is 1.04. The maximum atomic E-state index is 4.13. The van der Waals surface area contributed by atoms with Crippen LogP contribution in [-0.4, -0.2) is 21.1 Å². The molecule has 0 aromatic carbocycles. The molecule has 0 bridgehead atoms. The van der Waals surface area contributed by atoms with E-state index in [-0.39, 0.29) is 0 Å². The van der Waals surface area contributed by atoms with Gasteiger partial charge in [0.25, 0.3) is 0 Å². The Labute approximate surface area is 78.7 Å². The normalized spacial score (nSPS) is 11.2. The first-order valence-electron chi connectivity index (χ1n) is 4.81. The smallest absolute Gasteiger partial charge is 0.141 e. The zero-order chi connectivity index (χ0) is 9.36. The molecule has 0 radical (unpaired) electrons. The molecule has 0 saturated carbocycles. The first-order valence-corrected chi connectivity index (χ1v) is 4.81. The average molecular weight is 180 g/mol. The van der Waals surface area contributed by atoms with Crippen molar-refractivity contribution in [2.45, 2.75) is 39.0 Å². The summed E-state index contributed by atoms with van der Waals surface area (Å²) in [5, 5.41) is 11.4. The fourth-order valence-electron chi connectivity index (χ4n) is 1.07. The van der Waals surface area contributed by atoms with E-state index in [1.165, 1.54) is 25.7 Å². The van der Waals surface area contributed by atoms with Gasteiger partial charge in [-0.15, -0.1) is 10.2 Å². The Balaban J connectivity index is 2.05. The topological polar surface area (TPSA) is 43.1 Å². The van der Waals surface area contributed by atoms with E-state index in [9.17, 15) is 0 Å². The summed E-state index contributed by atoms with van der Waals surface area (Å²) in [7, 11) is 0. The second-order valence-electron chi connectivity index (χ2n) is 2.99. The fraction of sp³-hybridized carbons (Fsp3) is 0.667. The third kappa shape index (κ3) is 4.40. The van der Waals surface area contributed by atoms with Crippen LogP contribution in [0.4, 0.5) is 0 Å². The third-order valence-corrected chi connectivity index (χ3v) is 1.81. The number of unbranched alkanes of at least 4 members (excludes halogenated alkanes) is 4. The van der Waals surface area contributed by atoms with E-state index >= 15 is 0 Å². The van der Waals surface area contributed by atoms with Crippen molar-refractivity contribution >= 4 is 6.21 Å². The lowest BCUT2D eigenvalue weighted by atomic mass is 10.2. The molecule has 0 amide bonds. The van der Waals surface area contributed by atoms with Crippen LogP contribution < -0.4 is 0 Å². The molecule has 1 aromatic heterocycles. The standard InChI is InChI=1S/C9H16N4/c1-2-3-4-5-6-7-12-13-8-10-11-9-13/h7-9H,2-6H2,1H3. The molecule has 4 nitrogen and oxygen atoms in total. The average Bonchev–Trinajstić information content (AvgIpc) is 2.63. The molecule has 0 unspecified atom stereocenters. The molecular formula is C9H16N4. The summed E-state index contributed by atoms with van der Waals surface area (Å²) in [5.41, 5.74) is 0. The van der Waals surface area contributed by atoms with Gasteiger partial charge in [0.15, 0.2) is 0 Å². The Kier molecular flexibility index (Phi) is 4.83. The molecule has 1 rings (SSSR count). The molecule has 4 heteroatoms. The number of hydrogen-bond donors (Lipinski definition) is 0. The Hall–Kier alpha value is -1.19. The lowest BCUT2D eigenvalue weighted by molar-refractivity contribution is 0.683. The maximum Gasteiger partial charge on any atom is 0.141 e. The van der Waals surface area contributed by atoms with Crippen LogP contribution in [0.15, 0.2) is 17.8 Å². The van der Waals surface area contributed by atoms with E-state index in [2.05, 4.69) is 22.2 Å². The summed E-state index contributed by atoms with van der Waals surface area (Å²) in [5.74, 6) is 0. The number of nitrogens with zero attached hydrogens (tertiary/aromatic N) is 4. The highest BCUT2D eigenvalue weighted by molar-refractivity contribution is 5.56. The molecular weight excluding hydrogens is 164 g/mol. The summed E-state index contributed by atoms with van der Waals surface area (Å²) >= 11 is 0. The van der Waals surface area contributed by atoms with E-state index in [4.69, 9.17) is 0 Å². The molecule has 13 heavy (non-hydrogen) atoms. The van der Waals surface area contributed by atoms with E-state index in [1.807, 2.05) is 6.21 Å². The Bertz CT molecular complexity index is 228. The lowest BCUT2D eigenvalue weighted by Crippen LogP contribution is -1.85. The van der Waals surface area contributed by atoms with Gasteiger partial charge in [-0.2, -0.15) is 5.10 Å². The van der Waals surface area contributed by atoms with Crippen LogP contribution >= 0.6 is 0 Å². The minimum absolute atomic E-state index is 1.04. The summed E-state index contributed by atoms with van der Waals surface area (Å²) in [6.07, 6.45) is 11.2. The van der Waals surface area contributed by atoms with E-state index in [0.29, 0.717) is 0 Å². The molecule has 0 aliphatic carbocycles. The van der Waals surface area contributed by atoms with Gasteiger partial charge >= 0.3 is 0 Å². The summed E-state index contributed by atoms with van der Waals surface area (Å²) in [6.45, 7) is 2.21. The van der Waals surface area contributed by atoms with Crippen molar-refractivity contribution in [2.75, 3.05) is 0 Å². The van der Waals surface area contributed by atoms with Crippen molar-refractivity contribution in [1.29, 1.82) is 0 Å². The van der Waals surface area contributed by atoms with Crippen LogP contribution in [-0.2, 0) is 0 Å². The van der Waals surface area contributed by atoms with Crippen molar-refractivity contribution < 1.29 is 0 Å². The van der Waals surface area contributed by atoms with Crippen LogP contribution in [0.3, 0.4) is 0 Å². The molecule has 1 aromatic rings. The van der Waals surface area contributed by atoms with Crippen molar-refractivity contribution in [2.24, 2.45) is 5.10 Å². The van der Waals surface area contributed by atoms with Crippen LogP contribution in [0.5, 0.6) is 0 Å². The number of hydrogen-bond acceptors (Lipinski definition) is 3. The zero-order valence-corrected chi connectivity index (χ0v) is 8.06. The van der Waals surface area contributed by atoms with E-state index in [0.717, 1.165) is 6.42 Å². The highest BCUT2D eigenvalue weighted by atomic mass is 15.4. The van der Waals surface area contributed by atoms with Gasteiger partial charge in [0.1, 0.15) is 12.7 Å². The molecule has 0 aliphatic heterocycles. The van der Waals surface area contributed by atoms with Gasteiger partial charge in [-0.25, -0.2) is 4.68 Å². The van der Waals surface area contributed by atoms with Gasteiger partial charge in [-0.3, -0.25) is 0 Å². The summed E-state index contributed by atoms with van der Waals surface area (Å²) in [4.78, 5) is 0. The minimum Gasteiger partial charge on any atom is -0.208 e. The Morgan fingerprint density at radius 3 is 2.69 bits per heavy atom. The zero-order valence-electron chi connectivity index (χ0n) is 8.06. The molecule has 0 fully saturated rings. The fourth-order valence-corrected chi connectivity index (χ4v) is 1.07. The van der Waals surface area contributed by atoms with Gasteiger partial charge in [0.05, 0.1) is 0 Å². The van der Waals surface area contributed by atoms with Crippen LogP contribution in [0, 0.1) is 0 Å². The van der Waals surface area contributed by atoms with Crippen LogP contribution in [0.1, 0.15) is 39.0 Å². The van der Waals surface area contributed by atoms with Gasteiger partial charge in [0.2, 0.25) is 0 Å². The predicted octanol–water partition coefficient (Wildman–Crippen LogP) is 2.08. The molecule has 0 atom stereocenters. The first-order chi connectivity index (χ1) is 6.43. The van der Waals surface area contributed by atoms with E-state index < -0.39 is 0 Å². The molecule has 1 heterocycles. The highest BCUT2D eigenvalue weighted by Crippen LogP contribution is 2.00. The first kappa shape index (κ1) is 9.89. The highest BCUT2D eigenvalue weighted by Gasteiger charge is 1.85.